The smallest absolute Gasteiger partial charge is 0.0782 e. The number of likely N-dealkylation sites (tertiary alicyclic amines) is 1. The predicted molar refractivity (Wildman–Crippen MR) is 87.1 cm³/mol. The molecular formula is C17H28N4O2. The molecule has 3 saturated heterocycles. The Morgan fingerprint density at radius 3 is 2.87 bits per heavy atom. The Morgan fingerprint density at radius 2 is 2.09 bits per heavy atom. The monoisotopic (exact) mass is 320 g/mol. The van der Waals surface area contributed by atoms with E-state index in [4.69, 9.17) is 9.47 Å². The summed E-state index contributed by atoms with van der Waals surface area (Å²) in [7, 11) is 1.99. The van der Waals surface area contributed by atoms with E-state index < -0.39 is 0 Å². The summed E-state index contributed by atoms with van der Waals surface area (Å²) in [4.78, 5) is 5.20. The third-order valence-corrected chi connectivity index (χ3v) is 5.49. The van der Waals surface area contributed by atoms with Crippen molar-refractivity contribution < 1.29 is 9.47 Å². The van der Waals surface area contributed by atoms with Gasteiger partial charge in [-0.25, -0.2) is 0 Å². The number of morpholine rings is 1. The molecule has 128 valence electrons. The van der Waals surface area contributed by atoms with Crippen LogP contribution in [0.4, 0.5) is 0 Å². The molecule has 6 heteroatoms. The van der Waals surface area contributed by atoms with Crippen LogP contribution in [0.1, 0.15) is 18.4 Å². The fourth-order valence-corrected chi connectivity index (χ4v) is 4.43. The third kappa shape index (κ3) is 3.45. The molecule has 0 unspecified atom stereocenters. The van der Waals surface area contributed by atoms with E-state index in [2.05, 4.69) is 21.1 Å². The Hall–Kier alpha value is -0.950. The quantitative estimate of drug-likeness (QED) is 0.821. The van der Waals surface area contributed by atoms with E-state index in [1.54, 1.807) is 0 Å². The number of ether oxygens (including phenoxy) is 2. The molecule has 0 N–H and O–H groups in total. The van der Waals surface area contributed by atoms with Crippen molar-refractivity contribution in [3.8, 4) is 0 Å². The number of fused-ring (bicyclic) bond motifs is 1. The molecule has 3 fully saturated rings. The van der Waals surface area contributed by atoms with Crippen molar-refractivity contribution in [3.05, 3.63) is 18.0 Å². The minimum Gasteiger partial charge on any atom is -0.379 e. The molecule has 1 aromatic rings. The summed E-state index contributed by atoms with van der Waals surface area (Å²) in [5, 5.41) is 4.31. The molecule has 0 aliphatic carbocycles. The highest BCUT2D eigenvalue weighted by molar-refractivity contribution is 5.05. The minimum atomic E-state index is 0.409. The van der Waals surface area contributed by atoms with E-state index in [9.17, 15) is 0 Å². The fraction of sp³-hybridized carbons (Fsp3) is 0.824. The molecule has 0 radical (unpaired) electrons. The van der Waals surface area contributed by atoms with Gasteiger partial charge in [-0.3, -0.25) is 14.5 Å². The first-order chi connectivity index (χ1) is 11.3. The standard InChI is InChI=1S/C17H28N4O2/c1-19-10-14(9-18-19)11-20-12-15-3-2-6-23-17(15)16(13-20)21-4-7-22-8-5-21/h9-10,15-17H,2-8,11-13H2,1H3/t15-,16+,17-/m1/s1. The summed E-state index contributed by atoms with van der Waals surface area (Å²) in [6.45, 7) is 7.97. The van der Waals surface area contributed by atoms with Crippen LogP contribution in [-0.2, 0) is 23.1 Å². The fourth-order valence-electron chi connectivity index (χ4n) is 4.43. The number of piperidine rings is 1. The van der Waals surface area contributed by atoms with Gasteiger partial charge in [0.05, 0.1) is 25.5 Å². The lowest BCUT2D eigenvalue weighted by Gasteiger charge is -2.50. The second-order valence-electron chi connectivity index (χ2n) is 7.17. The van der Waals surface area contributed by atoms with Crippen LogP contribution in [0, 0.1) is 5.92 Å². The van der Waals surface area contributed by atoms with Crippen LogP contribution in [0.25, 0.3) is 0 Å². The molecule has 3 atom stereocenters. The van der Waals surface area contributed by atoms with Crippen molar-refractivity contribution in [1.29, 1.82) is 0 Å². The molecule has 3 aliphatic rings. The van der Waals surface area contributed by atoms with E-state index in [0.29, 0.717) is 18.1 Å². The van der Waals surface area contributed by atoms with Gasteiger partial charge in [0.25, 0.3) is 0 Å². The number of aromatic nitrogens is 2. The Kier molecular flexibility index (Phi) is 4.66. The summed E-state index contributed by atoms with van der Waals surface area (Å²) in [5.41, 5.74) is 1.31. The molecule has 0 saturated carbocycles. The number of rotatable bonds is 3. The summed E-state index contributed by atoms with van der Waals surface area (Å²) in [6.07, 6.45) is 7.04. The molecule has 1 aromatic heterocycles. The normalized spacial score (nSPS) is 33.5. The average Bonchev–Trinajstić information content (AvgIpc) is 3.00. The summed E-state index contributed by atoms with van der Waals surface area (Å²) in [5.74, 6) is 0.669. The van der Waals surface area contributed by atoms with Crippen molar-refractivity contribution in [2.24, 2.45) is 13.0 Å². The number of nitrogens with zero attached hydrogens (tertiary/aromatic N) is 4. The maximum Gasteiger partial charge on any atom is 0.0782 e. The van der Waals surface area contributed by atoms with Crippen LogP contribution < -0.4 is 0 Å². The molecular weight excluding hydrogens is 292 g/mol. The van der Waals surface area contributed by atoms with E-state index in [1.807, 2.05) is 17.9 Å². The number of aryl methyl sites for hydroxylation is 1. The number of hydrogen-bond acceptors (Lipinski definition) is 5. The molecule has 3 aliphatic heterocycles. The van der Waals surface area contributed by atoms with Crippen LogP contribution in [0.2, 0.25) is 0 Å². The average molecular weight is 320 g/mol. The molecule has 0 spiro atoms. The highest BCUT2D eigenvalue weighted by Crippen LogP contribution is 2.32. The maximum absolute atomic E-state index is 6.22. The predicted octanol–water partition coefficient (Wildman–Crippen LogP) is 0.732. The van der Waals surface area contributed by atoms with E-state index in [1.165, 1.54) is 18.4 Å². The Balaban J connectivity index is 1.48. The Labute approximate surface area is 138 Å². The lowest BCUT2D eigenvalue weighted by molar-refractivity contribution is -0.128. The molecule has 23 heavy (non-hydrogen) atoms. The van der Waals surface area contributed by atoms with Gasteiger partial charge in [0, 0.05) is 64.2 Å². The van der Waals surface area contributed by atoms with Gasteiger partial charge in [-0.2, -0.15) is 5.10 Å². The first kappa shape index (κ1) is 15.6. The van der Waals surface area contributed by atoms with Gasteiger partial charge in [0.15, 0.2) is 0 Å². The van der Waals surface area contributed by atoms with Gasteiger partial charge in [-0.1, -0.05) is 0 Å². The van der Waals surface area contributed by atoms with Crippen LogP contribution in [-0.4, -0.2) is 77.7 Å². The SMILES string of the molecule is Cn1cc(CN2C[C@H]3CCCO[C@H]3[C@@H](N3CCOCC3)C2)cn1. The van der Waals surface area contributed by atoms with Crippen LogP contribution in [0.3, 0.4) is 0 Å². The van der Waals surface area contributed by atoms with E-state index in [0.717, 1.165) is 52.5 Å². The minimum absolute atomic E-state index is 0.409. The van der Waals surface area contributed by atoms with Gasteiger partial charge in [0.1, 0.15) is 0 Å². The molecule has 0 bridgehead atoms. The van der Waals surface area contributed by atoms with Gasteiger partial charge in [-0.15, -0.1) is 0 Å². The topological polar surface area (TPSA) is 42.8 Å². The van der Waals surface area contributed by atoms with Crippen LogP contribution in [0.15, 0.2) is 12.4 Å². The second-order valence-corrected chi connectivity index (χ2v) is 7.17. The van der Waals surface area contributed by atoms with Crippen molar-refractivity contribution in [2.45, 2.75) is 31.5 Å². The zero-order chi connectivity index (χ0) is 15.6. The van der Waals surface area contributed by atoms with Crippen LogP contribution >= 0.6 is 0 Å². The summed E-state index contributed by atoms with van der Waals surface area (Å²) >= 11 is 0. The molecule has 0 aromatic carbocycles. The van der Waals surface area contributed by atoms with Crippen LogP contribution in [0.5, 0.6) is 0 Å². The Bertz CT molecular complexity index is 514. The highest BCUT2D eigenvalue weighted by Gasteiger charge is 2.42. The highest BCUT2D eigenvalue weighted by atomic mass is 16.5. The van der Waals surface area contributed by atoms with E-state index >= 15 is 0 Å². The third-order valence-electron chi connectivity index (χ3n) is 5.49. The zero-order valence-electron chi connectivity index (χ0n) is 14.1. The first-order valence-corrected chi connectivity index (χ1v) is 8.93. The molecule has 6 nitrogen and oxygen atoms in total. The Morgan fingerprint density at radius 1 is 1.22 bits per heavy atom. The van der Waals surface area contributed by atoms with E-state index in [-0.39, 0.29) is 0 Å². The molecule has 4 rings (SSSR count). The van der Waals surface area contributed by atoms with Crippen molar-refractivity contribution in [1.82, 2.24) is 19.6 Å². The molecule has 0 amide bonds. The largest absolute Gasteiger partial charge is 0.379 e. The van der Waals surface area contributed by atoms with Crippen molar-refractivity contribution >= 4 is 0 Å². The summed E-state index contributed by atoms with van der Waals surface area (Å²) in [6, 6.07) is 0.509. The van der Waals surface area contributed by atoms with Gasteiger partial charge < -0.3 is 9.47 Å². The lowest BCUT2D eigenvalue weighted by Crippen LogP contribution is -2.62. The lowest BCUT2D eigenvalue weighted by atomic mass is 9.84. The number of hydrogen-bond donors (Lipinski definition) is 0. The van der Waals surface area contributed by atoms with Crippen molar-refractivity contribution in [2.75, 3.05) is 46.0 Å². The zero-order valence-corrected chi connectivity index (χ0v) is 14.1. The van der Waals surface area contributed by atoms with Gasteiger partial charge in [-0.05, 0) is 18.8 Å². The van der Waals surface area contributed by atoms with Gasteiger partial charge >= 0.3 is 0 Å². The second kappa shape index (κ2) is 6.89. The molecule has 4 heterocycles. The first-order valence-electron chi connectivity index (χ1n) is 8.93. The van der Waals surface area contributed by atoms with Gasteiger partial charge in [0.2, 0.25) is 0 Å². The summed E-state index contributed by atoms with van der Waals surface area (Å²) < 4.78 is 13.7. The maximum atomic E-state index is 6.22. The van der Waals surface area contributed by atoms with Crippen molar-refractivity contribution in [3.63, 3.8) is 0 Å².